The second kappa shape index (κ2) is 3.03. The van der Waals surface area contributed by atoms with E-state index in [1.54, 1.807) is 0 Å². The molecule has 0 aliphatic carbocycles. The van der Waals surface area contributed by atoms with Crippen LogP contribution in [0.2, 0.25) is 0 Å². The van der Waals surface area contributed by atoms with Crippen molar-refractivity contribution in [3.8, 4) is 0 Å². The predicted molar refractivity (Wildman–Crippen MR) is 29.9 cm³/mol. The molecule has 1 atom stereocenters. The molecule has 0 aromatic heterocycles. The van der Waals surface area contributed by atoms with E-state index in [-0.39, 0.29) is 6.42 Å². The van der Waals surface area contributed by atoms with Crippen LogP contribution in [0.1, 0.15) is 6.42 Å². The minimum Gasteiger partial charge on any atom is -0.370 e. The third-order valence-electron chi connectivity index (χ3n) is 0.758. The number of nitrogens with two attached hydrogens (primary N) is 2. The molecule has 0 unspecified atom stereocenters. The van der Waals surface area contributed by atoms with Crippen molar-refractivity contribution in [3.05, 3.63) is 0 Å². The molecule has 0 fully saturated rings. The number of nitrogens with one attached hydrogen (secondary N) is 1. The van der Waals surface area contributed by atoms with Crippen LogP contribution in [-0.4, -0.2) is 17.9 Å². The van der Waals surface area contributed by atoms with E-state index >= 15 is 0 Å². The summed E-state index contributed by atoms with van der Waals surface area (Å²) >= 11 is 0. The molecule has 0 saturated heterocycles. The van der Waals surface area contributed by atoms with Crippen LogP contribution in [-0.2, 0) is 9.59 Å². The number of amides is 2. The number of carbonyl (C=O) groups is 2. The van der Waals surface area contributed by atoms with Gasteiger partial charge < -0.3 is 11.5 Å². The second-order valence-corrected chi connectivity index (χ2v) is 1.64. The minimum atomic E-state index is -1.05. The normalized spacial score (nSPS) is 12.6. The Hall–Kier alpha value is -1.10. The van der Waals surface area contributed by atoms with Gasteiger partial charge in [0.25, 0.3) is 5.91 Å². The summed E-state index contributed by atoms with van der Waals surface area (Å²) in [5, 5.41) is 0. The smallest absolute Gasteiger partial charge is 0.255 e. The Bertz CT molecular complexity index is 134. The van der Waals surface area contributed by atoms with Gasteiger partial charge >= 0.3 is 0 Å². The number of hydrogen-bond donors (Lipinski definition) is 2. The van der Waals surface area contributed by atoms with Gasteiger partial charge in [-0.3, -0.25) is 15.3 Å². The Morgan fingerprint density at radius 1 is 1.56 bits per heavy atom. The molecule has 0 bridgehead atoms. The highest BCUT2D eigenvalue weighted by molar-refractivity contribution is 5.85. The first kappa shape index (κ1) is 7.90. The van der Waals surface area contributed by atoms with Crippen LogP contribution in [0.3, 0.4) is 0 Å². The summed E-state index contributed by atoms with van der Waals surface area (Å²) in [7, 11) is 0. The highest BCUT2D eigenvalue weighted by atomic mass is 16.2. The molecule has 0 spiro atoms. The van der Waals surface area contributed by atoms with E-state index in [0.29, 0.717) is 0 Å². The Labute approximate surface area is 52.2 Å². The van der Waals surface area contributed by atoms with E-state index < -0.39 is 17.9 Å². The van der Waals surface area contributed by atoms with Crippen LogP contribution >= 0.6 is 0 Å². The van der Waals surface area contributed by atoms with E-state index in [0.717, 1.165) is 0 Å². The van der Waals surface area contributed by atoms with Gasteiger partial charge in [0.2, 0.25) is 5.91 Å². The highest BCUT2D eigenvalue weighted by Gasteiger charge is 2.11. The first-order valence-corrected chi connectivity index (χ1v) is 2.33. The van der Waals surface area contributed by atoms with Crippen molar-refractivity contribution < 1.29 is 9.59 Å². The molecule has 0 rings (SSSR count). The third-order valence-corrected chi connectivity index (χ3v) is 0.758. The molecule has 1 radical (unpaired) electrons. The van der Waals surface area contributed by atoms with Gasteiger partial charge in [0.1, 0.15) is 0 Å². The minimum absolute atomic E-state index is 0.248. The average molecular weight is 130 g/mol. The molecule has 0 aliphatic rings. The zero-order valence-corrected chi connectivity index (χ0v) is 4.76. The molecule has 51 valence electrons. The molecular formula is C4H8N3O2. The SMILES string of the molecule is [NH]C(=O)[C@@H](N)CC(N)=O. The molecule has 9 heavy (non-hydrogen) atoms. The van der Waals surface area contributed by atoms with Crippen LogP contribution in [0.4, 0.5) is 0 Å². The molecule has 5 nitrogen and oxygen atoms in total. The van der Waals surface area contributed by atoms with E-state index in [1.165, 1.54) is 0 Å². The van der Waals surface area contributed by atoms with Crippen LogP contribution in [0.5, 0.6) is 0 Å². The lowest BCUT2D eigenvalue weighted by molar-refractivity contribution is -0.124. The van der Waals surface area contributed by atoms with E-state index in [9.17, 15) is 9.59 Å². The fourth-order valence-corrected chi connectivity index (χ4v) is 0.309. The summed E-state index contributed by atoms with van der Waals surface area (Å²) in [4.78, 5) is 20.0. The molecule has 0 heterocycles. The zero-order valence-electron chi connectivity index (χ0n) is 4.76. The largest absolute Gasteiger partial charge is 0.370 e. The maximum Gasteiger partial charge on any atom is 0.255 e. The van der Waals surface area contributed by atoms with Gasteiger partial charge in [-0.2, -0.15) is 0 Å². The van der Waals surface area contributed by atoms with Crippen molar-refractivity contribution in [2.75, 3.05) is 0 Å². The van der Waals surface area contributed by atoms with Crippen molar-refractivity contribution >= 4 is 11.8 Å². The topological polar surface area (TPSA) is 110 Å². The lowest BCUT2D eigenvalue weighted by atomic mass is 10.2. The van der Waals surface area contributed by atoms with Gasteiger partial charge in [0, 0.05) is 0 Å². The second-order valence-electron chi connectivity index (χ2n) is 1.64. The summed E-state index contributed by atoms with van der Waals surface area (Å²) in [6.45, 7) is 0. The quantitative estimate of drug-likeness (QED) is 0.460. The maximum atomic E-state index is 10.0. The van der Waals surface area contributed by atoms with Gasteiger partial charge in [-0.15, -0.1) is 0 Å². The number of rotatable bonds is 3. The summed E-state index contributed by atoms with van der Waals surface area (Å²) < 4.78 is 0. The van der Waals surface area contributed by atoms with Crippen molar-refractivity contribution in [1.29, 1.82) is 0 Å². The fraction of sp³-hybridized carbons (Fsp3) is 0.500. The van der Waals surface area contributed by atoms with Crippen LogP contribution < -0.4 is 17.2 Å². The Kier molecular flexibility index (Phi) is 2.66. The third kappa shape index (κ3) is 3.48. The molecule has 5 N–H and O–H groups in total. The monoisotopic (exact) mass is 130 g/mol. The lowest BCUT2D eigenvalue weighted by Crippen LogP contribution is -2.35. The molecule has 0 aliphatic heterocycles. The molecular weight excluding hydrogens is 122 g/mol. The maximum absolute atomic E-state index is 10.0. The summed E-state index contributed by atoms with van der Waals surface area (Å²) in [5.74, 6) is -1.63. The Morgan fingerprint density at radius 2 is 2.00 bits per heavy atom. The Morgan fingerprint density at radius 3 is 2.11 bits per heavy atom. The van der Waals surface area contributed by atoms with Gasteiger partial charge in [0.05, 0.1) is 12.5 Å². The average Bonchev–Trinajstić information content (AvgIpc) is 1.63. The lowest BCUT2D eigenvalue weighted by Gasteiger charge is -2.00. The molecule has 5 heteroatoms. The van der Waals surface area contributed by atoms with Crippen molar-refractivity contribution in [3.63, 3.8) is 0 Å². The predicted octanol–water partition coefficient (Wildman–Crippen LogP) is -2.00. The summed E-state index contributed by atoms with van der Waals surface area (Å²) in [5.41, 5.74) is 16.1. The first-order valence-electron chi connectivity index (χ1n) is 2.33. The number of primary amides is 1. The molecule has 0 aromatic carbocycles. The van der Waals surface area contributed by atoms with Gasteiger partial charge in [0.15, 0.2) is 0 Å². The van der Waals surface area contributed by atoms with Crippen LogP contribution in [0.15, 0.2) is 0 Å². The number of carbonyl (C=O) groups excluding carboxylic acids is 2. The molecule has 0 saturated carbocycles. The van der Waals surface area contributed by atoms with Crippen LogP contribution in [0, 0.1) is 0 Å². The van der Waals surface area contributed by atoms with Crippen molar-refractivity contribution in [1.82, 2.24) is 5.73 Å². The fourth-order valence-electron chi connectivity index (χ4n) is 0.309. The summed E-state index contributed by atoms with van der Waals surface area (Å²) in [6.07, 6.45) is -0.248. The highest BCUT2D eigenvalue weighted by Crippen LogP contribution is 1.83. The van der Waals surface area contributed by atoms with Crippen LogP contribution in [0.25, 0.3) is 0 Å². The van der Waals surface area contributed by atoms with Gasteiger partial charge in [-0.05, 0) is 0 Å². The van der Waals surface area contributed by atoms with Gasteiger partial charge in [-0.25, -0.2) is 0 Å². The van der Waals surface area contributed by atoms with Crippen molar-refractivity contribution in [2.24, 2.45) is 11.5 Å². The van der Waals surface area contributed by atoms with E-state index in [1.807, 2.05) is 0 Å². The Balaban J connectivity index is 3.63. The first-order chi connectivity index (χ1) is 4.04. The standard InChI is InChI=1S/C4H8N3O2/c5-2(4(7)9)1-3(6)8/h2,7H,1,5H2,(H2,6,8)/t2-/m0/s1. The number of hydrogen-bond acceptors (Lipinski definition) is 3. The zero-order chi connectivity index (χ0) is 7.44. The van der Waals surface area contributed by atoms with E-state index in [4.69, 9.17) is 11.5 Å². The molecule has 0 aromatic rings. The summed E-state index contributed by atoms with van der Waals surface area (Å²) in [6, 6.07) is -1.05. The van der Waals surface area contributed by atoms with Crippen molar-refractivity contribution in [2.45, 2.75) is 12.5 Å². The molecule has 2 amide bonds. The van der Waals surface area contributed by atoms with E-state index in [2.05, 4.69) is 5.73 Å². The van der Waals surface area contributed by atoms with Gasteiger partial charge in [-0.1, -0.05) is 0 Å².